The molecule has 146 valence electrons. The molecule has 1 aliphatic rings. The molecule has 1 aromatic heterocycles. The standard InChI is InChI=1S/C17H18F2N2O6/c18-17(19,10-4-2-1-3-5-10)9-21-12(23)6-7-20(16(21)26)15-14(25)13(24)11(8-22)27-15/h1-7,11,13-15,22,24-25H,8-9H2/t11-,13?,14+,15-/m1/s1. The summed E-state index contributed by atoms with van der Waals surface area (Å²) in [6.45, 7) is -1.82. The van der Waals surface area contributed by atoms with E-state index in [1.165, 1.54) is 24.3 Å². The molecule has 0 spiro atoms. The summed E-state index contributed by atoms with van der Waals surface area (Å²) in [6.07, 6.45) is -4.65. The van der Waals surface area contributed by atoms with Crippen molar-refractivity contribution in [1.82, 2.24) is 9.13 Å². The van der Waals surface area contributed by atoms with Crippen molar-refractivity contribution in [2.75, 3.05) is 6.61 Å². The van der Waals surface area contributed by atoms with Crippen molar-refractivity contribution >= 4 is 0 Å². The molecule has 0 aliphatic carbocycles. The Kier molecular flexibility index (Phi) is 5.24. The van der Waals surface area contributed by atoms with Gasteiger partial charge in [-0.15, -0.1) is 0 Å². The monoisotopic (exact) mass is 384 g/mol. The lowest BCUT2D eigenvalue weighted by molar-refractivity contribution is -0.0577. The van der Waals surface area contributed by atoms with Crippen LogP contribution in [0.4, 0.5) is 8.78 Å². The van der Waals surface area contributed by atoms with Crippen LogP contribution in [0.3, 0.4) is 0 Å². The van der Waals surface area contributed by atoms with E-state index in [0.29, 0.717) is 4.57 Å². The lowest BCUT2D eigenvalue weighted by Crippen LogP contribution is -2.45. The second kappa shape index (κ2) is 7.31. The first-order chi connectivity index (χ1) is 12.8. The van der Waals surface area contributed by atoms with Gasteiger partial charge in [-0.1, -0.05) is 30.3 Å². The number of benzene rings is 1. The number of aliphatic hydroxyl groups is 3. The number of aliphatic hydroxyl groups excluding tert-OH is 3. The van der Waals surface area contributed by atoms with Gasteiger partial charge in [0.2, 0.25) is 0 Å². The maximum absolute atomic E-state index is 14.5. The number of halogens is 2. The summed E-state index contributed by atoms with van der Waals surface area (Å²) in [6, 6.07) is 7.63. The Morgan fingerprint density at radius 3 is 2.33 bits per heavy atom. The van der Waals surface area contributed by atoms with Crippen LogP contribution >= 0.6 is 0 Å². The van der Waals surface area contributed by atoms with Crippen LogP contribution < -0.4 is 11.2 Å². The van der Waals surface area contributed by atoms with Crippen LogP contribution in [0.2, 0.25) is 0 Å². The van der Waals surface area contributed by atoms with Crippen molar-refractivity contribution in [1.29, 1.82) is 0 Å². The zero-order chi connectivity index (χ0) is 19.8. The number of alkyl halides is 2. The number of hydrogen-bond acceptors (Lipinski definition) is 6. The van der Waals surface area contributed by atoms with E-state index in [1.54, 1.807) is 6.07 Å². The van der Waals surface area contributed by atoms with Gasteiger partial charge in [-0.05, 0) is 0 Å². The molecule has 2 heterocycles. The normalized spacial score (nSPS) is 25.7. The van der Waals surface area contributed by atoms with E-state index in [0.717, 1.165) is 16.8 Å². The molecule has 1 unspecified atom stereocenters. The fourth-order valence-electron chi connectivity index (χ4n) is 2.95. The van der Waals surface area contributed by atoms with Gasteiger partial charge >= 0.3 is 5.69 Å². The molecule has 1 aromatic carbocycles. The van der Waals surface area contributed by atoms with Crippen molar-refractivity contribution in [2.45, 2.75) is 37.0 Å². The maximum Gasteiger partial charge on any atom is 0.333 e. The molecule has 4 atom stereocenters. The summed E-state index contributed by atoms with van der Waals surface area (Å²) >= 11 is 0. The van der Waals surface area contributed by atoms with Gasteiger partial charge in [0.05, 0.1) is 13.2 Å². The van der Waals surface area contributed by atoms with Crippen molar-refractivity contribution in [3.63, 3.8) is 0 Å². The van der Waals surface area contributed by atoms with E-state index in [1.807, 2.05) is 0 Å². The number of ether oxygens (including phenoxy) is 1. The van der Waals surface area contributed by atoms with Gasteiger partial charge in [0, 0.05) is 17.8 Å². The lowest BCUT2D eigenvalue weighted by Gasteiger charge is -2.21. The topological polar surface area (TPSA) is 114 Å². The highest BCUT2D eigenvalue weighted by atomic mass is 19.3. The first-order valence-electron chi connectivity index (χ1n) is 8.14. The second-order valence-corrected chi connectivity index (χ2v) is 6.23. The van der Waals surface area contributed by atoms with E-state index in [2.05, 4.69) is 0 Å². The van der Waals surface area contributed by atoms with Gasteiger partial charge < -0.3 is 20.1 Å². The van der Waals surface area contributed by atoms with Crippen LogP contribution in [0.15, 0.2) is 52.2 Å². The van der Waals surface area contributed by atoms with E-state index in [4.69, 9.17) is 9.84 Å². The van der Waals surface area contributed by atoms with E-state index in [9.17, 15) is 28.6 Å². The van der Waals surface area contributed by atoms with E-state index < -0.39 is 54.9 Å². The smallest absolute Gasteiger partial charge is 0.333 e. The van der Waals surface area contributed by atoms with Gasteiger partial charge in [-0.25, -0.2) is 4.79 Å². The van der Waals surface area contributed by atoms with Crippen LogP contribution in [-0.2, 0) is 17.2 Å². The molecule has 10 heteroatoms. The highest BCUT2D eigenvalue weighted by Crippen LogP contribution is 2.30. The van der Waals surface area contributed by atoms with Gasteiger partial charge in [0.25, 0.3) is 11.5 Å². The SMILES string of the molecule is O=c1ccn([C@@H]2O[C@H](CO)C(O)[C@@H]2O)c(=O)n1CC(F)(F)c1ccccc1. The molecule has 0 bridgehead atoms. The Bertz CT molecular complexity index is 914. The van der Waals surface area contributed by atoms with Crippen LogP contribution in [-0.4, -0.2) is 49.4 Å². The summed E-state index contributed by atoms with van der Waals surface area (Å²) < 4.78 is 35.3. The molecule has 1 aliphatic heterocycles. The fraction of sp³-hybridized carbons (Fsp3) is 0.412. The summed E-state index contributed by atoms with van der Waals surface area (Å²) in [5.41, 5.74) is -2.44. The largest absolute Gasteiger partial charge is 0.394 e. The predicted molar refractivity (Wildman–Crippen MR) is 88.3 cm³/mol. The highest BCUT2D eigenvalue weighted by Gasteiger charge is 2.44. The van der Waals surface area contributed by atoms with Crippen molar-refractivity contribution in [3.05, 3.63) is 69.0 Å². The molecule has 3 N–H and O–H groups in total. The molecule has 3 rings (SSSR count). The molecule has 1 saturated heterocycles. The summed E-state index contributed by atoms with van der Waals surface area (Å²) in [5.74, 6) is -3.49. The highest BCUT2D eigenvalue weighted by molar-refractivity contribution is 5.19. The van der Waals surface area contributed by atoms with Crippen molar-refractivity contribution in [3.8, 4) is 0 Å². The number of aromatic nitrogens is 2. The average molecular weight is 384 g/mol. The lowest BCUT2D eigenvalue weighted by atomic mass is 10.1. The minimum absolute atomic E-state index is 0.335. The van der Waals surface area contributed by atoms with Gasteiger partial charge in [-0.3, -0.25) is 13.9 Å². The van der Waals surface area contributed by atoms with E-state index >= 15 is 0 Å². The summed E-state index contributed by atoms with van der Waals surface area (Å²) in [4.78, 5) is 24.6. The van der Waals surface area contributed by atoms with Crippen LogP contribution in [0, 0.1) is 0 Å². The molecule has 27 heavy (non-hydrogen) atoms. The predicted octanol–water partition coefficient (Wildman–Crippen LogP) is -0.587. The quantitative estimate of drug-likeness (QED) is 0.635. The minimum Gasteiger partial charge on any atom is -0.394 e. The Morgan fingerprint density at radius 1 is 1.07 bits per heavy atom. The Morgan fingerprint density at radius 2 is 1.74 bits per heavy atom. The zero-order valence-corrected chi connectivity index (χ0v) is 14.0. The number of nitrogens with zero attached hydrogens (tertiary/aromatic N) is 2. The first kappa shape index (κ1) is 19.4. The number of hydrogen-bond donors (Lipinski definition) is 3. The number of rotatable bonds is 5. The Balaban J connectivity index is 1.98. The Labute approximate surface area is 151 Å². The van der Waals surface area contributed by atoms with Gasteiger partial charge in [0.1, 0.15) is 18.3 Å². The van der Waals surface area contributed by atoms with Crippen LogP contribution in [0.25, 0.3) is 0 Å². The fourth-order valence-corrected chi connectivity index (χ4v) is 2.95. The van der Waals surface area contributed by atoms with Crippen molar-refractivity contribution in [2.24, 2.45) is 0 Å². The van der Waals surface area contributed by atoms with Gasteiger partial charge in [-0.2, -0.15) is 8.78 Å². The molecule has 0 saturated carbocycles. The molecule has 1 fully saturated rings. The van der Waals surface area contributed by atoms with E-state index in [-0.39, 0.29) is 5.56 Å². The summed E-state index contributed by atoms with van der Waals surface area (Å²) in [5, 5.41) is 29.0. The third-order valence-corrected chi connectivity index (χ3v) is 4.44. The molecular formula is C17H18F2N2O6. The maximum atomic E-state index is 14.5. The minimum atomic E-state index is -3.49. The first-order valence-corrected chi connectivity index (χ1v) is 8.14. The molecule has 0 amide bonds. The third-order valence-electron chi connectivity index (χ3n) is 4.44. The van der Waals surface area contributed by atoms with Crippen LogP contribution in [0.1, 0.15) is 11.8 Å². The zero-order valence-electron chi connectivity index (χ0n) is 14.0. The molecule has 2 aromatic rings. The molecule has 0 radical (unpaired) electrons. The molecule has 8 nitrogen and oxygen atoms in total. The van der Waals surface area contributed by atoms with Crippen LogP contribution in [0.5, 0.6) is 0 Å². The van der Waals surface area contributed by atoms with Crippen molar-refractivity contribution < 1.29 is 28.8 Å². The Hall–Kier alpha value is -2.40. The van der Waals surface area contributed by atoms with Gasteiger partial charge in [0.15, 0.2) is 6.23 Å². The summed E-state index contributed by atoms with van der Waals surface area (Å²) in [7, 11) is 0. The average Bonchev–Trinajstić information content (AvgIpc) is 2.94. The third kappa shape index (κ3) is 3.56. The second-order valence-electron chi connectivity index (χ2n) is 6.23. The molecular weight excluding hydrogens is 366 g/mol.